The standard InChI is InChI=1S/C23H27ClN2O2/c1-26(2,22-12-14-28-15-13-22)17-19-6-9-21(10-7-19)25-23(27)11-8-18-4-3-5-20(24)16-18/h3-11,16,22H,12-15,17H2,1-2H3/p+1. The molecule has 2 aromatic rings. The number of anilines is 1. The molecule has 5 heteroatoms. The van der Waals surface area contributed by atoms with E-state index < -0.39 is 0 Å². The van der Waals surface area contributed by atoms with Gasteiger partial charge < -0.3 is 14.5 Å². The topological polar surface area (TPSA) is 38.3 Å². The fraction of sp³-hybridized carbons (Fsp3) is 0.348. The molecule has 1 saturated heterocycles. The highest BCUT2D eigenvalue weighted by atomic mass is 35.5. The van der Waals surface area contributed by atoms with Gasteiger partial charge in [0.2, 0.25) is 5.91 Å². The van der Waals surface area contributed by atoms with Gasteiger partial charge in [-0.25, -0.2) is 0 Å². The summed E-state index contributed by atoms with van der Waals surface area (Å²) >= 11 is 5.96. The zero-order chi connectivity index (χ0) is 20.0. The molecule has 148 valence electrons. The number of hydrogen-bond acceptors (Lipinski definition) is 2. The first-order chi connectivity index (χ1) is 13.4. The van der Waals surface area contributed by atoms with Crippen LogP contribution in [0.4, 0.5) is 5.69 Å². The number of quaternary nitrogens is 1. The van der Waals surface area contributed by atoms with E-state index in [-0.39, 0.29) is 5.91 Å². The predicted molar refractivity (Wildman–Crippen MR) is 115 cm³/mol. The molecule has 3 rings (SSSR count). The van der Waals surface area contributed by atoms with Crippen LogP contribution in [0.3, 0.4) is 0 Å². The van der Waals surface area contributed by atoms with Crippen LogP contribution in [-0.2, 0) is 16.1 Å². The Morgan fingerprint density at radius 1 is 1.18 bits per heavy atom. The Labute approximate surface area is 172 Å². The smallest absolute Gasteiger partial charge is 0.248 e. The zero-order valence-corrected chi connectivity index (χ0v) is 17.3. The molecule has 1 aliphatic heterocycles. The molecule has 1 aliphatic rings. The Hall–Kier alpha value is -2.14. The van der Waals surface area contributed by atoms with Gasteiger partial charge in [-0.2, -0.15) is 0 Å². The quantitative estimate of drug-likeness (QED) is 0.562. The Balaban J connectivity index is 1.55. The van der Waals surface area contributed by atoms with E-state index in [0.29, 0.717) is 11.1 Å². The summed E-state index contributed by atoms with van der Waals surface area (Å²) in [4.78, 5) is 12.1. The number of hydrogen-bond donors (Lipinski definition) is 1. The zero-order valence-electron chi connectivity index (χ0n) is 16.5. The fourth-order valence-corrected chi connectivity index (χ4v) is 3.84. The average Bonchev–Trinajstić information content (AvgIpc) is 2.68. The lowest BCUT2D eigenvalue weighted by Gasteiger charge is -2.40. The molecule has 0 bridgehead atoms. The highest BCUT2D eigenvalue weighted by Crippen LogP contribution is 2.23. The number of rotatable bonds is 6. The van der Waals surface area contributed by atoms with Crippen molar-refractivity contribution in [2.45, 2.75) is 25.4 Å². The molecule has 0 saturated carbocycles. The van der Waals surface area contributed by atoms with Crippen molar-refractivity contribution in [1.82, 2.24) is 0 Å². The second-order valence-electron chi connectivity index (χ2n) is 7.85. The van der Waals surface area contributed by atoms with Crippen molar-refractivity contribution in [1.29, 1.82) is 0 Å². The molecule has 0 spiro atoms. The predicted octanol–water partition coefficient (Wildman–Crippen LogP) is 4.75. The molecule has 1 fully saturated rings. The Morgan fingerprint density at radius 3 is 2.57 bits per heavy atom. The summed E-state index contributed by atoms with van der Waals surface area (Å²) in [6.07, 6.45) is 5.49. The van der Waals surface area contributed by atoms with E-state index in [0.717, 1.165) is 48.3 Å². The number of nitrogens with zero attached hydrogens (tertiary/aromatic N) is 1. The first-order valence-corrected chi connectivity index (χ1v) is 10.0. The van der Waals surface area contributed by atoms with Gasteiger partial charge in [0.25, 0.3) is 0 Å². The molecule has 1 N–H and O–H groups in total. The van der Waals surface area contributed by atoms with Crippen molar-refractivity contribution in [3.05, 3.63) is 70.8 Å². The van der Waals surface area contributed by atoms with Gasteiger partial charge in [0.05, 0.1) is 33.4 Å². The maximum absolute atomic E-state index is 12.1. The lowest BCUT2D eigenvalue weighted by molar-refractivity contribution is -0.929. The number of halogens is 1. The van der Waals surface area contributed by atoms with Crippen molar-refractivity contribution in [2.75, 3.05) is 32.6 Å². The van der Waals surface area contributed by atoms with E-state index in [1.165, 1.54) is 11.6 Å². The van der Waals surface area contributed by atoms with Gasteiger partial charge in [-0.05, 0) is 35.9 Å². The molecular weight excluding hydrogens is 372 g/mol. The van der Waals surface area contributed by atoms with Gasteiger partial charge in [0, 0.05) is 35.2 Å². The van der Waals surface area contributed by atoms with Gasteiger partial charge in [-0.1, -0.05) is 35.9 Å². The fourth-order valence-electron chi connectivity index (χ4n) is 3.64. The van der Waals surface area contributed by atoms with Crippen molar-refractivity contribution < 1.29 is 14.0 Å². The van der Waals surface area contributed by atoms with Crippen molar-refractivity contribution in [3.8, 4) is 0 Å². The van der Waals surface area contributed by atoms with Gasteiger partial charge in [-0.15, -0.1) is 0 Å². The number of amides is 1. The average molecular weight is 400 g/mol. The van der Waals surface area contributed by atoms with Crippen LogP contribution in [0.2, 0.25) is 5.02 Å². The molecule has 1 heterocycles. The van der Waals surface area contributed by atoms with Gasteiger partial charge in [-0.3, -0.25) is 4.79 Å². The molecule has 4 nitrogen and oxygen atoms in total. The molecule has 0 aromatic heterocycles. The normalized spacial score (nSPS) is 15.7. The summed E-state index contributed by atoms with van der Waals surface area (Å²) in [7, 11) is 4.57. The largest absolute Gasteiger partial charge is 0.381 e. The molecule has 1 amide bonds. The van der Waals surface area contributed by atoms with Crippen molar-refractivity contribution >= 4 is 29.3 Å². The third kappa shape index (κ3) is 5.93. The number of carbonyl (C=O) groups is 1. The second-order valence-corrected chi connectivity index (χ2v) is 8.29. The molecule has 0 atom stereocenters. The molecule has 0 unspecified atom stereocenters. The summed E-state index contributed by atoms with van der Waals surface area (Å²) in [6.45, 7) is 2.69. The Kier molecular flexibility index (Phi) is 6.89. The van der Waals surface area contributed by atoms with Crippen LogP contribution in [0.25, 0.3) is 6.08 Å². The number of nitrogens with one attached hydrogen (secondary N) is 1. The minimum atomic E-state index is -0.161. The summed E-state index contributed by atoms with van der Waals surface area (Å²) in [5.74, 6) is -0.161. The van der Waals surface area contributed by atoms with Crippen molar-refractivity contribution in [3.63, 3.8) is 0 Å². The summed E-state index contributed by atoms with van der Waals surface area (Å²) in [6, 6.07) is 16.1. The molecule has 0 radical (unpaired) electrons. The maximum Gasteiger partial charge on any atom is 0.248 e. The highest BCUT2D eigenvalue weighted by Gasteiger charge is 2.30. The highest BCUT2D eigenvalue weighted by molar-refractivity contribution is 6.30. The first-order valence-electron chi connectivity index (χ1n) is 9.66. The molecule has 28 heavy (non-hydrogen) atoms. The second kappa shape index (κ2) is 9.37. The van der Waals surface area contributed by atoms with Crippen LogP contribution < -0.4 is 5.32 Å². The van der Waals surface area contributed by atoms with E-state index >= 15 is 0 Å². The Bertz CT molecular complexity index is 825. The van der Waals surface area contributed by atoms with Gasteiger partial charge in [0.1, 0.15) is 6.54 Å². The monoisotopic (exact) mass is 399 g/mol. The summed E-state index contributed by atoms with van der Waals surface area (Å²) in [5, 5.41) is 3.55. The molecule has 2 aromatic carbocycles. The molecule has 0 aliphatic carbocycles. The van der Waals surface area contributed by atoms with Gasteiger partial charge in [0.15, 0.2) is 0 Å². The lowest BCUT2D eigenvalue weighted by Crippen LogP contribution is -2.50. The van der Waals surface area contributed by atoms with Crippen LogP contribution in [-0.4, -0.2) is 43.7 Å². The van der Waals surface area contributed by atoms with Crippen LogP contribution in [0.5, 0.6) is 0 Å². The minimum absolute atomic E-state index is 0.161. The third-order valence-corrected chi connectivity index (χ3v) is 5.50. The van der Waals surface area contributed by atoms with E-state index in [2.05, 4.69) is 31.5 Å². The lowest BCUT2D eigenvalue weighted by atomic mass is 10.0. The van der Waals surface area contributed by atoms with E-state index in [4.69, 9.17) is 16.3 Å². The number of carbonyl (C=O) groups excluding carboxylic acids is 1. The van der Waals surface area contributed by atoms with Crippen molar-refractivity contribution in [2.24, 2.45) is 0 Å². The SMILES string of the molecule is C[N+](C)(Cc1ccc(NC(=O)C=Cc2cccc(Cl)c2)cc1)C1CCOCC1. The Morgan fingerprint density at radius 2 is 1.89 bits per heavy atom. The van der Waals surface area contributed by atoms with E-state index in [1.54, 1.807) is 6.08 Å². The first kappa shape index (κ1) is 20.6. The summed E-state index contributed by atoms with van der Waals surface area (Å²) < 4.78 is 6.45. The number of ether oxygens (including phenoxy) is 1. The van der Waals surface area contributed by atoms with Gasteiger partial charge >= 0.3 is 0 Å². The van der Waals surface area contributed by atoms with Crippen LogP contribution in [0.1, 0.15) is 24.0 Å². The van der Waals surface area contributed by atoms with E-state index in [9.17, 15) is 4.79 Å². The van der Waals surface area contributed by atoms with Crippen LogP contribution in [0, 0.1) is 0 Å². The van der Waals surface area contributed by atoms with E-state index in [1.807, 2.05) is 36.4 Å². The molecular formula is C23H28ClN2O2+. The van der Waals surface area contributed by atoms with Crippen LogP contribution >= 0.6 is 11.6 Å². The number of benzene rings is 2. The third-order valence-electron chi connectivity index (χ3n) is 5.27. The van der Waals surface area contributed by atoms with Crippen LogP contribution in [0.15, 0.2) is 54.6 Å². The summed E-state index contributed by atoms with van der Waals surface area (Å²) in [5.41, 5.74) is 2.95. The maximum atomic E-state index is 12.1. The minimum Gasteiger partial charge on any atom is -0.381 e.